The summed E-state index contributed by atoms with van der Waals surface area (Å²) in [5.41, 5.74) is 0.721. The van der Waals surface area contributed by atoms with Crippen molar-refractivity contribution >= 4 is 17.2 Å². The van der Waals surface area contributed by atoms with Crippen molar-refractivity contribution in [3.05, 3.63) is 56.8 Å². The summed E-state index contributed by atoms with van der Waals surface area (Å²) < 4.78 is 26.7. The molecule has 106 valence electrons. The molecule has 20 heavy (non-hydrogen) atoms. The Hall–Kier alpha value is -1.75. The summed E-state index contributed by atoms with van der Waals surface area (Å²) in [6.45, 7) is 5.78. The van der Waals surface area contributed by atoms with E-state index in [1.165, 1.54) is 12.1 Å². The van der Waals surface area contributed by atoms with Crippen molar-refractivity contribution in [2.24, 2.45) is 0 Å². The molecule has 0 saturated heterocycles. The van der Waals surface area contributed by atoms with Crippen molar-refractivity contribution in [3.63, 3.8) is 0 Å². The molecular weight excluding hydrogens is 280 g/mol. The quantitative estimate of drug-likeness (QED) is 0.906. The number of benzene rings is 1. The van der Waals surface area contributed by atoms with Gasteiger partial charge in [-0.05, 0) is 44.5 Å². The molecule has 1 N–H and O–H groups in total. The molecule has 0 saturated carbocycles. The van der Waals surface area contributed by atoms with Crippen LogP contribution in [0.4, 0.5) is 8.78 Å². The lowest BCUT2D eigenvalue weighted by molar-refractivity contribution is 0.0934. The minimum atomic E-state index is -1.12. The molecule has 0 aliphatic rings. The molecule has 1 aromatic carbocycles. The maximum absolute atomic E-state index is 13.6. The summed E-state index contributed by atoms with van der Waals surface area (Å²) in [4.78, 5) is 14.3. The van der Waals surface area contributed by atoms with Crippen LogP contribution in [0.25, 0.3) is 0 Å². The average Bonchev–Trinajstić information content (AvgIpc) is 2.71. The second-order valence-electron chi connectivity index (χ2n) is 4.67. The second kappa shape index (κ2) is 5.71. The third-order valence-corrected chi connectivity index (χ3v) is 4.07. The number of thiophene rings is 1. The predicted molar refractivity (Wildman–Crippen MR) is 76.0 cm³/mol. The van der Waals surface area contributed by atoms with Crippen molar-refractivity contribution < 1.29 is 13.6 Å². The molecule has 1 aromatic heterocycles. The summed E-state index contributed by atoms with van der Waals surface area (Å²) in [7, 11) is 0. The Morgan fingerprint density at radius 1 is 1.30 bits per heavy atom. The summed E-state index contributed by atoms with van der Waals surface area (Å²) in [5.74, 6) is -2.75. The number of nitrogens with one attached hydrogen (secondary N) is 1. The maximum Gasteiger partial charge on any atom is 0.254 e. The molecule has 1 unspecified atom stereocenters. The van der Waals surface area contributed by atoms with Gasteiger partial charge in [0, 0.05) is 9.75 Å². The first-order valence-corrected chi connectivity index (χ1v) is 7.03. The van der Waals surface area contributed by atoms with Gasteiger partial charge in [-0.25, -0.2) is 8.78 Å². The van der Waals surface area contributed by atoms with Crippen LogP contribution in [0, 0.1) is 25.5 Å². The molecule has 5 heteroatoms. The summed E-state index contributed by atoms with van der Waals surface area (Å²) >= 11 is 1.64. The zero-order valence-corrected chi connectivity index (χ0v) is 12.3. The first-order valence-electron chi connectivity index (χ1n) is 6.22. The standard InChI is InChI=1S/C15H15F2NOS/c1-8-7-12(10(3)20-8)9(2)18-15(19)11-5-4-6-13(16)14(11)17/h4-7,9H,1-3H3,(H,18,19). The van der Waals surface area contributed by atoms with E-state index < -0.39 is 17.5 Å². The molecule has 1 heterocycles. The van der Waals surface area contributed by atoms with E-state index in [1.54, 1.807) is 11.3 Å². The fourth-order valence-corrected chi connectivity index (χ4v) is 3.13. The van der Waals surface area contributed by atoms with Gasteiger partial charge in [-0.2, -0.15) is 0 Å². The molecule has 2 rings (SSSR count). The van der Waals surface area contributed by atoms with E-state index in [0.29, 0.717) is 0 Å². The van der Waals surface area contributed by atoms with Crippen LogP contribution in [0.1, 0.15) is 38.6 Å². The molecule has 0 aliphatic heterocycles. The molecule has 0 aliphatic carbocycles. The van der Waals surface area contributed by atoms with E-state index in [-0.39, 0.29) is 11.6 Å². The van der Waals surface area contributed by atoms with Crippen LogP contribution in [0.15, 0.2) is 24.3 Å². The average molecular weight is 295 g/mol. The fourth-order valence-electron chi connectivity index (χ4n) is 2.11. The van der Waals surface area contributed by atoms with Crippen molar-refractivity contribution in [1.82, 2.24) is 5.32 Å². The van der Waals surface area contributed by atoms with Crippen LogP contribution in [-0.2, 0) is 0 Å². The first kappa shape index (κ1) is 14.7. The lowest BCUT2D eigenvalue weighted by atomic mass is 10.1. The summed E-state index contributed by atoms with van der Waals surface area (Å²) in [5, 5.41) is 2.70. The zero-order valence-electron chi connectivity index (χ0n) is 11.5. The van der Waals surface area contributed by atoms with Gasteiger partial charge in [0.2, 0.25) is 0 Å². The van der Waals surface area contributed by atoms with Crippen LogP contribution in [-0.4, -0.2) is 5.91 Å². The van der Waals surface area contributed by atoms with Crippen molar-refractivity contribution in [1.29, 1.82) is 0 Å². The van der Waals surface area contributed by atoms with Crippen LogP contribution in [0.2, 0.25) is 0 Å². The van der Waals surface area contributed by atoms with E-state index in [2.05, 4.69) is 5.32 Å². The molecule has 2 nitrogen and oxygen atoms in total. The van der Waals surface area contributed by atoms with E-state index in [9.17, 15) is 13.6 Å². The minimum absolute atomic E-state index is 0.255. The van der Waals surface area contributed by atoms with Crippen LogP contribution < -0.4 is 5.32 Å². The van der Waals surface area contributed by atoms with Crippen LogP contribution in [0.3, 0.4) is 0 Å². The smallest absolute Gasteiger partial charge is 0.254 e. The van der Waals surface area contributed by atoms with Crippen LogP contribution >= 0.6 is 11.3 Å². The molecule has 2 aromatic rings. The number of hydrogen-bond donors (Lipinski definition) is 1. The Morgan fingerprint density at radius 3 is 2.60 bits per heavy atom. The van der Waals surface area contributed by atoms with Gasteiger partial charge in [0.25, 0.3) is 5.91 Å². The topological polar surface area (TPSA) is 29.1 Å². The Bertz CT molecular complexity index is 651. The minimum Gasteiger partial charge on any atom is -0.345 e. The molecular formula is C15H15F2NOS. The number of halogens is 2. The van der Waals surface area contributed by atoms with Gasteiger partial charge >= 0.3 is 0 Å². The van der Waals surface area contributed by atoms with E-state index in [4.69, 9.17) is 0 Å². The summed E-state index contributed by atoms with van der Waals surface area (Å²) in [6.07, 6.45) is 0. The Morgan fingerprint density at radius 2 is 2.00 bits per heavy atom. The van der Waals surface area contributed by atoms with Gasteiger partial charge in [0.1, 0.15) is 0 Å². The highest BCUT2D eigenvalue weighted by atomic mass is 32.1. The first-order chi connectivity index (χ1) is 9.40. The number of rotatable bonds is 3. The molecule has 0 spiro atoms. The predicted octanol–water partition coefficient (Wildman–Crippen LogP) is 4.13. The molecule has 1 amide bonds. The summed E-state index contributed by atoms with van der Waals surface area (Å²) in [6, 6.07) is 5.31. The monoisotopic (exact) mass is 295 g/mol. The lowest BCUT2D eigenvalue weighted by Gasteiger charge is -2.14. The SMILES string of the molecule is Cc1cc(C(C)NC(=O)c2cccc(F)c2F)c(C)s1. The third-order valence-electron chi connectivity index (χ3n) is 3.09. The third kappa shape index (κ3) is 2.88. The van der Waals surface area contributed by atoms with Gasteiger partial charge < -0.3 is 5.32 Å². The number of aryl methyl sites for hydroxylation is 2. The van der Waals surface area contributed by atoms with Gasteiger partial charge in [-0.15, -0.1) is 11.3 Å². The highest BCUT2D eigenvalue weighted by molar-refractivity contribution is 7.12. The number of hydrogen-bond acceptors (Lipinski definition) is 2. The maximum atomic E-state index is 13.6. The Balaban J connectivity index is 2.19. The van der Waals surface area contributed by atoms with E-state index in [1.807, 2.05) is 26.8 Å². The van der Waals surface area contributed by atoms with E-state index >= 15 is 0 Å². The molecule has 0 fully saturated rings. The second-order valence-corrected chi connectivity index (χ2v) is 6.13. The van der Waals surface area contributed by atoms with Crippen molar-refractivity contribution in [2.75, 3.05) is 0 Å². The Kier molecular flexibility index (Phi) is 4.18. The number of amides is 1. The highest BCUT2D eigenvalue weighted by Gasteiger charge is 2.19. The molecule has 0 bridgehead atoms. The van der Waals surface area contributed by atoms with Crippen molar-refractivity contribution in [2.45, 2.75) is 26.8 Å². The van der Waals surface area contributed by atoms with Crippen molar-refractivity contribution in [3.8, 4) is 0 Å². The Labute approximate surface area is 120 Å². The lowest BCUT2D eigenvalue weighted by Crippen LogP contribution is -2.27. The molecule has 0 radical (unpaired) electrons. The fraction of sp³-hybridized carbons (Fsp3) is 0.267. The largest absolute Gasteiger partial charge is 0.345 e. The number of carbonyl (C=O) groups is 1. The molecule has 1 atom stereocenters. The zero-order chi connectivity index (χ0) is 14.9. The van der Waals surface area contributed by atoms with Gasteiger partial charge in [-0.3, -0.25) is 4.79 Å². The van der Waals surface area contributed by atoms with E-state index in [0.717, 1.165) is 21.4 Å². The van der Waals surface area contributed by atoms with Crippen LogP contribution in [0.5, 0.6) is 0 Å². The normalized spacial score (nSPS) is 12.2. The van der Waals surface area contributed by atoms with Gasteiger partial charge in [-0.1, -0.05) is 6.07 Å². The van der Waals surface area contributed by atoms with Gasteiger partial charge in [0.15, 0.2) is 11.6 Å². The highest BCUT2D eigenvalue weighted by Crippen LogP contribution is 2.26. The van der Waals surface area contributed by atoms with Gasteiger partial charge in [0.05, 0.1) is 11.6 Å². The number of carbonyl (C=O) groups excluding carboxylic acids is 1.